The van der Waals surface area contributed by atoms with Crippen LogP contribution in [0.4, 0.5) is 5.82 Å². The third-order valence-corrected chi connectivity index (χ3v) is 9.48. The van der Waals surface area contributed by atoms with Crippen LogP contribution in [0.25, 0.3) is 0 Å². The van der Waals surface area contributed by atoms with E-state index in [-0.39, 0.29) is 23.8 Å². The average molecular weight is 524 g/mol. The van der Waals surface area contributed by atoms with Gasteiger partial charge in [-0.1, -0.05) is 42.5 Å². The molecule has 5 rings (SSSR count). The molecule has 2 saturated carbocycles. The van der Waals surface area contributed by atoms with Crippen molar-refractivity contribution in [2.75, 3.05) is 5.73 Å². The molecule has 0 radical (unpaired) electrons. The molecule has 7 nitrogen and oxygen atoms in total. The van der Waals surface area contributed by atoms with E-state index in [2.05, 4.69) is 18.0 Å². The van der Waals surface area contributed by atoms with Crippen molar-refractivity contribution in [2.24, 2.45) is 36.5 Å². The van der Waals surface area contributed by atoms with E-state index in [4.69, 9.17) is 28.2 Å². The van der Waals surface area contributed by atoms with Gasteiger partial charge in [-0.15, -0.1) is 0 Å². The van der Waals surface area contributed by atoms with Crippen molar-refractivity contribution in [2.45, 2.75) is 69.7 Å². The van der Waals surface area contributed by atoms with Crippen LogP contribution in [0.1, 0.15) is 79.8 Å². The van der Waals surface area contributed by atoms with Crippen LogP contribution in [-0.2, 0) is 11.8 Å². The maximum atomic E-state index is 13.4. The Balaban J connectivity index is 1.20. The van der Waals surface area contributed by atoms with Gasteiger partial charge < -0.3 is 16.8 Å². The summed E-state index contributed by atoms with van der Waals surface area (Å²) < 4.78 is 1.64. The number of carbonyl (C=O) groups excluding carboxylic acids is 2. The van der Waals surface area contributed by atoms with Crippen LogP contribution in [0.5, 0.6) is 0 Å². The number of hydrogen-bond acceptors (Lipinski definition) is 4. The lowest BCUT2D eigenvalue weighted by atomic mass is 9.81. The third-order valence-electron chi connectivity index (χ3n) is 9.11. The number of amides is 2. The first-order valence-electron chi connectivity index (χ1n) is 13.5. The van der Waals surface area contributed by atoms with Gasteiger partial charge in [-0.3, -0.25) is 14.3 Å². The van der Waals surface area contributed by atoms with Crippen LogP contribution in [0.3, 0.4) is 0 Å². The van der Waals surface area contributed by atoms with Gasteiger partial charge in [-0.2, -0.15) is 5.10 Å². The molecule has 2 amide bonds. The number of nitrogens with one attached hydrogen (secondary N) is 1. The van der Waals surface area contributed by atoms with Crippen LogP contribution in [0.15, 0.2) is 47.1 Å². The highest BCUT2D eigenvalue weighted by Gasteiger charge is 2.44. The maximum absolute atomic E-state index is 13.4. The van der Waals surface area contributed by atoms with Crippen LogP contribution in [-0.4, -0.2) is 27.6 Å². The minimum atomic E-state index is -0.263. The molecule has 1 aromatic heterocycles. The number of halogens is 1. The van der Waals surface area contributed by atoms with Crippen LogP contribution < -0.4 is 16.8 Å². The highest BCUT2D eigenvalue weighted by molar-refractivity contribution is 6.30. The summed E-state index contributed by atoms with van der Waals surface area (Å²) in [4.78, 5) is 24.8. The minimum absolute atomic E-state index is 0.183. The summed E-state index contributed by atoms with van der Waals surface area (Å²) in [5.41, 5.74) is 14.9. The minimum Gasteiger partial charge on any atom is -0.383 e. The zero-order valence-corrected chi connectivity index (χ0v) is 22.3. The molecule has 5 N–H and O–H groups in total. The second-order valence-corrected chi connectivity index (χ2v) is 11.9. The fourth-order valence-electron chi connectivity index (χ4n) is 7.24. The van der Waals surface area contributed by atoms with Crippen molar-refractivity contribution in [1.82, 2.24) is 15.1 Å². The van der Waals surface area contributed by atoms with Crippen LogP contribution in [0, 0.1) is 23.7 Å². The van der Waals surface area contributed by atoms with Gasteiger partial charge in [-0.25, -0.2) is 0 Å². The number of rotatable bonds is 7. The lowest BCUT2D eigenvalue weighted by Crippen LogP contribution is -2.35. The molecule has 0 aromatic carbocycles. The van der Waals surface area contributed by atoms with E-state index in [1.807, 2.05) is 12.2 Å². The monoisotopic (exact) mass is 523 g/mol. The average Bonchev–Trinajstić information content (AvgIpc) is 3.51. The predicted molar refractivity (Wildman–Crippen MR) is 147 cm³/mol. The Morgan fingerprint density at radius 2 is 1.97 bits per heavy atom. The number of carbonyl (C=O) groups is 2. The van der Waals surface area contributed by atoms with E-state index in [1.165, 1.54) is 19.3 Å². The van der Waals surface area contributed by atoms with E-state index >= 15 is 0 Å². The Hall–Kier alpha value is -2.80. The first kappa shape index (κ1) is 25.8. The number of anilines is 1. The molecular formula is C29H38ClN5O2. The predicted octanol–water partition coefficient (Wildman–Crippen LogP) is 4.86. The summed E-state index contributed by atoms with van der Waals surface area (Å²) in [7, 11) is 1.81. The van der Waals surface area contributed by atoms with Crippen LogP contribution >= 0.6 is 11.6 Å². The van der Waals surface area contributed by atoms with E-state index in [0.29, 0.717) is 40.6 Å². The van der Waals surface area contributed by atoms with Gasteiger partial charge in [-0.05, 0) is 80.6 Å². The molecule has 0 saturated heterocycles. The Morgan fingerprint density at radius 1 is 1.24 bits per heavy atom. The quantitative estimate of drug-likeness (QED) is 0.473. The lowest BCUT2D eigenvalue weighted by molar-refractivity contribution is -0.114. The maximum Gasteiger partial charge on any atom is 0.257 e. The molecule has 8 heteroatoms. The number of nitrogen functional groups attached to an aromatic ring is 1. The second kappa shape index (κ2) is 10.5. The summed E-state index contributed by atoms with van der Waals surface area (Å²) in [6.07, 6.45) is 16.9. The summed E-state index contributed by atoms with van der Waals surface area (Å²) in [5.74, 6) is 2.99. The highest BCUT2D eigenvalue weighted by Crippen LogP contribution is 2.54. The number of nitrogens with zero attached hydrogens (tertiary/aromatic N) is 2. The molecule has 2 fully saturated rings. The van der Waals surface area contributed by atoms with Gasteiger partial charge in [0.2, 0.25) is 5.91 Å². The van der Waals surface area contributed by atoms with Crippen molar-refractivity contribution in [3.63, 3.8) is 0 Å². The Kier molecular flexibility index (Phi) is 7.35. The topological polar surface area (TPSA) is 116 Å². The SMILES string of the molecule is C=CC1=C(Cl)CC(NC(=O)c2c(C3CC4CC(CC5CC=C(C(N)=O)CC5)CC4C3)nn(C)c2N)C=C1. The number of hydrogen-bond donors (Lipinski definition) is 3. The molecule has 4 unspecified atom stereocenters. The van der Waals surface area contributed by atoms with E-state index in [0.717, 1.165) is 54.9 Å². The summed E-state index contributed by atoms with van der Waals surface area (Å²) >= 11 is 6.37. The molecule has 0 aliphatic heterocycles. The van der Waals surface area contributed by atoms with Gasteiger partial charge in [0, 0.05) is 30.0 Å². The molecule has 0 spiro atoms. The number of nitrogens with two attached hydrogens (primary N) is 2. The molecule has 37 heavy (non-hydrogen) atoms. The van der Waals surface area contributed by atoms with E-state index in [1.54, 1.807) is 17.8 Å². The summed E-state index contributed by atoms with van der Waals surface area (Å²) in [6.45, 7) is 3.78. The van der Waals surface area contributed by atoms with Gasteiger partial charge in [0.05, 0.1) is 11.7 Å². The van der Waals surface area contributed by atoms with E-state index in [9.17, 15) is 9.59 Å². The molecule has 1 heterocycles. The van der Waals surface area contributed by atoms with Crippen molar-refractivity contribution in [1.29, 1.82) is 0 Å². The molecule has 4 atom stereocenters. The Bertz CT molecular complexity index is 1180. The molecule has 4 aliphatic carbocycles. The molecule has 4 aliphatic rings. The van der Waals surface area contributed by atoms with Gasteiger partial charge in [0.15, 0.2) is 0 Å². The van der Waals surface area contributed by atoms with Gasteiger partial charge in [0.1, 0.15) is 11.4 Å². The molecule has 198 valence electrons. The third kappa shape index (κ3) is 5.28. The highest BCUT2D eigenvalue weighted by atomic mass is 35.5. The van der Waals surface area contributed by atoms with Crippen molar-refractivity contribution >= 4 is 29.2 Å². The second-order valence-electron chi connectivity index (χ2n) is 11.5. The number of aryl methyl sites for hydroxylation is 1. The van der Waals surface area contributed by atoms with Crippen molar-refractivity contribution in [3.8, 4) is 0 Å². The van der Waals surface area contributed by atoms with Gasteiger partial charge in [0.25, 0.3) is 5.91 Å². The normalized spacial score (nSPS) is 31.2. The Morgan fingerprint density at radius 3 is 2.57 bits per heavy atom. The largest absolute Gasteiger partial charge is 0.383 e. The smallest absolute Gasteiger partial charge is 0.257 e. The van der Waals surface area contributed by atoms with Crippen molar-refractivity contribution < 1.29 is 9.59 Å². The zero-order chi connectivity index (χ0) is 26.3. The number of fused-ring (bicyclic) bond motifs is 1. The first-order chi connectivity index (χ1) is 17.7. The fourth-order valence-corrected chi connectivity index (χ4v) is 7.55. The summed E-state index contributed by atoms with van der Waals surface area (Å²) in [6, 6.07) is -0.187. The number of aromatic nitrogens is 2. The van der Waals surface area contributed by atoms with Crippen molar-refractivity contribution in [3.05, 3.63) is 58.3 Å². The number of allylic oxidation sites excluding steroid dienone is 4. The number of primary amides is 1. The molecule has 0 bridgehead atoms. The lowest BCUT2D eigenvalue weighted by Gasteiger charge is -2.24. The molecule has 1 aromatic rings. The standard InChI is InChI=1S/C29H38ClN5O2/c1-3-18-8-9-23(15-24(18)30)33-29(37)25-26(34-35(2)27(25)31)22-13-20-11-17(12-21(20)14-22)10-16-4-6-19(7-5-16)28(32)36/h3,6,8-9,16-17,20-23H,1,4-5,7,10-15,31H2,2H3,(H2,32,36)(H,33,37). The summed E-state index contributed by atoms with van der Waals surface area (Å²) in [5, 5.41) is 8.52. The Labute approximate surface area is 224 Å². The first-order valence-corrected chi connectivity index (χ1v) is 13.9. The van der Waals surface area contributed by atoms with E-state index < -0.39 is 0 Å². The zero-order valence-electron chi connectivity index (χ0n) is 21.6. The van der Waals surface area contributed by atoms with Crippen LogP contribution in [0.2, 0.25) is 0 Å². The fraction of sp³-hybridized carbons (Fsp3) is 0.552. The van der Waals surface area contributed by atoms with Gasteiger partial charge >= 0.3 is 0 Å². The molecular weight excluding hydrogens is 486 g/mol.